The number of benzene rings is 1. The number of aryl methyl sites for hydroxylation is 1. The van der Waals surface area contributed by atoms with Crippen molar-refractivity contribution in [1.82, 2.24) is 19.5 Å². The fourth-order valence-corrected chi connectivity index (χ4v) is 4.50. The molecule has 0 saturated heterocycles. The van der Waals surface area contributed by atoms with Gasteiger partial charge in [-0.3, -0.25) is 4.79 Å². The molecule has 3 aromatic heterocycles. The van der Waals surface area contributed by atoms with Crippen LogP contribution >= 0.6 is 11.3 Å². The van der Waals surface area contributed by atoms with Crippen molar-refractivity contribution < 1.29 is 4.79 Å². The molecule has 1 amide bonds. The molecule has 5 nitrogen and oxygen atoms in total. The largest absolute Gasteiger partial charge is 0.333 e. The average Bonchev–Trinajstić information content (AvgIpc) is 3.23. The lowest BCUT2D eigenvalue weighted by molar-refractivity contribution is 0.0737. The molecule has 0 unspecified atom stereocenters. The molecule has 4 aromatic rings. The Morgan fingerprint density at radius 3 is 3.00 bits per heavy atom. The van der Waals surface area contributed by atoms with Crippen LogP contribution in [0.25, 0.3) is 15.7 Å². The summed E-state index contributed by atoms with van der Waals surface area (Å²) in [5.41, 5.74) is 4.08. The highest BCUT2D eigenvalue weighted by atomic mass is 32.1. The molecular weight excluding hydrogens is 332 g/mol. The first-order valence-electron chi connectivity index (χ1n) is 8.30. The maximum Gasteiger partial charge on any atom is 0.264 e. The summed E-state index contributed by atoms with van der Waals surface area (Å²) in [4.78, 5) is 20.1. The van der Waals surface area contributed by atoms with Crippen molar-refractivity contribution in [2.75, 3.05) is 6.54 Å². The maximum absolute atomic E-state index is 12.9. The van der Waals surface area contributed by atoms with E-state index < -0.39 is 0 Å². The van der Waals surface area contributed by atoms with Gasteiger partial charge in [-0.15, -0.1) is 11.3 Å². The highest BCUT2D eigenvalue weighted by Gasteiger charge is 2.25. The van der Waals surface area contributed by atoms with Gasteiger partial charge in [0.2, 0.25) is 0 Å². The Bertz CT molecular complexity index is 1090. The number of hydrogen-bond donors (Lipinski definition) is 0. The predicted octanol–water partition coefficient (Wildman–Crippen LogP) is 3.45. The molecule has 0 saturated carbocycles. The van der Waals surface area contributed by atoms with Crippen molar-refractivity contribution >= 4 is 33.0 Å². The summed E-state index contributed by atoms with van der Waals surface area (Å²) in [6.07, 6.45) is 2.68. The van der Waals surface area contributed by atoms with Gasteiger partial charge in [-0.25, -0.2) is 9.50 Å². The molecule has 0 atom stereocenters. The summed E-state index contributed by atoms with van der Waals surface area (Å²) in [5, 5.41) is 5.66. The van der Waals surface area contributed by atoms with Crippen molar-refractivity contribution in [2.45, 2.75) is 19.9 Å². The van der Waals surface area contributed by atoms with Crippen molar-refractivity contribution in [3.8, 4) is 0 Å². The van der Waals surface area contributed by atoms with E-state index >= 15 is 0 Å². The summed E-state index contributed by atoms with van der Waals surface area (Å²) in [6.45, 7) is 3.27. The van der Waals surface area contributed by atoms with Crippen LogP contribution in [-0.2, 0) is 13.0 Å². The van der Waals surface area contributed by atoms with E-state index in [1.165, 1.54) is 5.69 Å². The van der Waals surface area contributed by atoms with Crippen molar-refractivity contribution in [3.63, 3.8) is 0 Å². The van der Waals surface area contributed by atoms with Crippen LogP contribution in [0.4, 0.5) is 0 Å². The van der Waals surface area contributed by atoms with Crippen LogP contribution in [0.15, 0.2) is 42.6 Å². The average molecular weight is 348 g/mol. The first kappa shape index (κ1) is 14.6. The second kappa shape index (κ2) is 5.39. The van der Waals surface area contributed by atoms with Gasteiger partial charge < -0.3 is 4.90 Å². The quantitative estimate of drug-likeness (QED) is 0.529. The van der Waals surface area contributed by atoms with E-state index in [0.717, 1.165) is 38.3 Å². The van der Waals surface area contributed by atoms with Crippen molar-refractivity contribution in [1.29, 1.82) is 0 Å². The molecule has 0 spiro atoms. The van der Waals surface area contributed by atoms with Gasteiger partial charge in [-0.1, -0.05) is 18.2 Å². The Morgan fingerprint density at radius 2 is 2.12 bits per heavy atom. The summed E-state index contributed by atoms with van der Waals surface area (Å²) in [6, 6.07) is 12.1. The molecule has 0 aliphatic carbocycles. The van der Waals surface area contributed by atoms with E-state index in [1.807, 2.05) is 46.8 Å². The third-order valence-corrected chi connectivity index (χ3v) is 5.80. The van der Waals surface area contributed by atoms with E-state index in [4.69, 9.17) is 0 Å². The molecule has 5 rings (SSSR count). The highest BCUT2D eigenvalue weighted by Crippen LogP contribution is 2.28. The Kier molecular flexibility index (Phi) is 3.15. The zero-order valence-electron chi connectivity index (χ0n) is 13.8. The standard InChI is InChI=1S/C19H16N4OS/c1-12-8-18-20-10-14-11-22(7-6-15(14)23(18)21-12)19(24)17-9-13-4-2-3-5-16(13)25-17/h2-5,8-10H,6-7,11H2,1H3. The monoisotopic (exact) mass is 348 g/mol. The van der Waals surface area contributed by atoms with Gasteiger partial charge in [0.15, 0.2) is 5.65 Å². The number of amides is 1. The number of nitrogens with zero attached hydrogens (tertiary/aromatic N) is 4. The summed E-state index contributed by atoms with van der Waals surface area (Å²) >= 11 is 1.56. The number of carbonyl (C=O) groups excluding carboxylic acids is 1. The van der Waals surface area contributed by atoms with E-state index in [0.29, 0.717) is 13.1 Å². The number of aromatic nitrogens is 3. The van der Waals surface area contributed by atoms with E-state index in [-0.39, 0.29) is 5.91 Å². The first-order valence-corrected chi connectivity index (χ1v) is 9.12. The third-order valence-electron chi connectivity index (χ3n) is 4.69. The minimum absolute atomic E-state index is 0.101. The summed E-state index contributed by atoms with van der Waals surface area (Å²) in [5.74, 6) is 0.101. The van der Waals surface area contributed by atoms with E-state index in [1.54, 1.807) is 11.3 Å². The Labute approximate surface area is 148 Å². The van der Waals surface area contributed by atoms with Crippen LogP contribution < -0.4 is 0 Å². The molecule has 1 aliphatic rings. The van der Waals surface area contributed by atoms with Crippen LogP contribution in [0.1, 0.15) is 26.6 Å². The molecule has 4 heterocycles. The fraction of sp³-hybridized carbons (Fsp3) is 0.211. The predicted molar refractivity (Wildman–Crippen MR) is 98.0 cm³/mol. The number of hydrogen-bond acceptors (Lipinski definition) is 4. The molecule has 1 aromatic carbocycles. The van der Waals surface area contributed by atoms with E-state index in [2.05, 4.69) is 22.2 Å². The van der Waals surface area contributed by atoms with Crippen LogP contribution in [0.3, 0.4) is 0 Å². The minimum atomic E-state index is 0.101. The topological polar surface area (TPSA) is 50.5 Å². The summed E-state index contributed by atoms with van der Waals surface area (Å²) < 4.78 is 3.07. The zero-order chi connectivity index (χ0) is 17.0. The third kappa shape index (κ3) is 2.33. The summed E-state index contributed by atoms with van der Waals surface area (Å²) in [7, 11) is 0. The molecule has 1 aliphatic heterocycles. The number of fused-ring (bicyclic) bond motifs is 4. The molecule has 0 radical (unpaired) electrons. The lowest BCUT2D eigenvalue weighted by Crippen LogP contribution is -2.36. The lowest BCUT2D eigenvalue weighted by atomic mass is 10.1. The SMILES string of the molecule is Cc1cc2ncc3c(n2n1)CCN(C(=O)c1cc2ccccc2s1)C3. The Hall–Kier alpha value is -2.73. The van der Waals surface area contributed by atoms with Gasteiger partial charge in [0.05, 0.1) is 16.3 Å². The fourth-order valence-electron chi connectivity index (χ4n) is 3.47. The van der Waals surface area contributed by atoms with Crippen molar-refractivity contribution in [3.05, 3.63) is 64.4 Å². The molecule has 0 fully saturated rings. The number of thiophene rings is 1. The molecule has 0 N–H and O–H groups in total. The Morgan fingerprint density at radius 1 is 1.24 bits per heavy atom. The molecule has 25 heavy (non-hydrogen) atoms. The van der Waals surface area contributed by atoms with Crippen LogP contribution in [-0.4, -0.2) is 31.9 Å². The first-order chi connectivity index (χ1) is 12.2. The normalized spacial score (nSPS) is 14.2. The molecule has 0 bridgehead atoms. The van der Waals surface area contributed by atoms with Gasteiger partial charge in [-0.2, -0.15) is 5.10 Å². The smallest absolute Gasteiger partial charge is 0.264 e. The Balaban J connectivity index is 1.48. The number of carbonyl (C=O) groups is 1. The molecule has 6 heteroatoms. The van der Waals surface area contributed by atoms with Gasteiger partial charge >= 0.3 is 0 Å². The van der Waals surface area contributed by atoms with Crippen LogP contribution in [0.2, 0.25) is 0 Å². The zero-order valence-corrected chi connectivity index (χ0v) is 14.6. The van der Waals surface area contributed by atoms with Gasteiger partial charge in [0.1, 0.15) is 0 Å². The highest BCUT2D eigenvalue weighted by molar-refractivity contribution is 7.20. The molecular formula is C19H16N4OS. The second-order valence-corrected chi connectivity index (χ2v) is 7.49. The lowest BCUT2D eigenvalue weighted by Gasteiger charge is -2.28. The van der Waals surface area contributed by atoms with E-state index in [9.17, 15) is 4.79 Å². The molecule has 124 valence electrons. The number of rotatable bonds is 1. The van der Waals surface area contributed by atoms with Gasteiger partial charge in [0.25, 0.3) is 5.91 Å². The second-order valence-electron chi connectivity index (χ2n) is 6.41. The van der Waals surface area contributed by atoms with Crippen LogP contribution in [0, 0.1) is 6.92 Å². The van der Waals surface area contributed by atoms with Gasteiger partial charge in [0, 0.05) is 42.0 Å². The van der Waals surface area contributed by atoms with Crippen LogP contribution in [0.5, 0.6) is 0 Å². The minimum Gasteiger partial charge on any atom is -0.333 e. The van der Waals surface area contributed by atoms with Crippen molar-refractivity contribution in [2.24, 2.45) is 0 Å². The maximum atomic E-state index is 12.9. The van der Waals surface area contributed by atoms with Gasteiger partial charge in [-0.05, 0) is 24.4 Å².